The highest BCUT2D eigenvalue weighted by Gasteiger charge is 2.30. The first-order valence-electron chi connectivity index (χ1n) is 8.01. The summed E-state index contributed by atoms with van der Waals surface area (Å²) in [7, 11) is 0. The van der Waals surface area contributed by atoms with Gasteiger partial charge in [-0.15, -0.1) is 11.3 Å². The van der Waals surface area contributed by atoms with Crippen LogP contribution in [0.5, 0.6) is 0 Å². The molecular formula is C16H18N6OS. The highest BCUT2D eigenvalue weighted by Crippen LogP contribution is 2.32. The van der Waals surface area contributed by atoms with Crippen molar-refractivity contribution in [2.75, 3.05) is 11.9 Å². The number of urea groups is 1. The van der Waals surface area contributed by atoms with Crippen molar-refractivity contribution in [3.8, 4) is 0 Å². The molecule has 0 aliphatic carbocycles. The first-order chi connectivity index (χ1) is 11.7. The molecule has 0 unspecified atom stereocenters. The predicted molar refractivity (Wildman–Crippen MR) is 92.2 cm³/mol. The van der Waals surface area contributed by atoms with Gasteiger partial charge in [-0.1, -0.05) is 0 Å². The first-order valence-corrected chi connectivity index (χ1v) is 8.89. The third-order valence-corrected chi connectivity index (χ3v) is 5.09. The lowest BCUT2D eigenvalue weighted by Gasteiger charge is -2.34. The first kappa shape index (κ1) is 15.1. The molecule has 1 fully saturated rings. The lowest BCUT2D eigenvalue weighted by Crippen LogP contribution is -2.41. The molecule has 4 rings (SSSR count). The van der Waals surface area contributed by atoms with E-state index in [-0.39, 0.29) is 12.1 Å². The summed E-state index contributed by atoms with van der Waals surface area (Å²) in [5.74, 6) is 0.676. The molecule has 1 N–H and O–H groups in total. The van der Waals surface area contributed by atoms with Crippen molar-refractivity contribution < 1.29 is 4.79 Å². The number of carbonyl (C=O) groups is 1. The minimum absolute atomic E-state index is 0.0538. The van der Waals surface area contributed by atoms with E-state index < -0.39 is 0 Å². The number of rotatable bonds is 2. The van der Waals surface area contributed by atoms with Gasteiger partial charge in [0.1, 0.15) is 10.8 Å². The number of likely N-dealkylation sites (tertiary alicyclic amines) is 1. The minimum atomic E-state index is -0.108. The molecule has 0 saturated carbocycles. The summed E-state index contributed by atoms with van der Waals surface area (Å²) in [5.41, 5.74) is 1.33. The van der Waals surface area contributed by atoms with Gasteiger partial charge < -0.3 is 10.2 Å². The molecule has 1 aliphatic heterocycles. The van der Waals surface area contributed by atoms with Crippen LogP contribution in [0, 0.1) is 6.92 Å². The quantitative estimate of drug-likeness (QED) is 0.776. The van der Waals surface area contributed by atoms with E-state index in [0.717, 1.165) is 30.8 Å². The van der Waals surface area contributed by atoms with Gasteiger partial charge in [-0.05, 0) is 38.3 Å². The zero-order valence-corrected chi connectivity index (χ0v) is 14.2. The van der Waals surface area contributed by atoms with E-state index in [1.165, 1.54) is 0 Å². The maximum Gasteiger partial charge on any atom is 0.322 e. The lowest BCUT2D eigenvalue weighted by molar-refractivity contribution is 0.163. The zero-order chi connectivity index (χ0) is 16.5. The number of fused-ring (bicyclic) bond motifs is 1. The fourth-order valence-electron chi connectivity index (χ4n) is 3.13. The number of anilines is 1. The number of aryl methyl sites for hydroxylation is 1. The molecule has 8 heteroatoms. The van der Waals surface area contributed by atoms with Gasteiger partial charge in [-0.3, -0.25) is 0 Å². The number of hydrogen-bond donors (Lipinski definition) is 1. The number of hydrogen-bond acceptors (Lipinski definition) is 5. The van der Waals surface area contributed by atoms with E-state index in [1.807, 2.05) is 35.5 Å². The highest BCUT2D eigenvalue weighted by atomic mass is 32.1. The average Bonchev–Trinajstić information content (AvgIpc) is 3.24. The number of pyridine rings is 1. The van der Waals surface area contributed by atoms with Gasteiger partial charge in [0.15, 0.2) is 5.65 Å². The Hall–Kier alpha value is -2.48. The van der Waals surface area contributed by atoms with Crippen molar-refractivity contribution in [2.24, 2.45) is 0 Å². The van der Waals surface area contributed by atoms with Crippen LogP contribution in [0.25, 0.3) is 5.65 Å². The standard InChI is InChI=1S/C16H18N6OS/c1-11-18-14-12(5-4-9-22(14)20-11)19-16(23)21-8-3-2-6-13(21)15-17-7-10-24-15/h4-5,7,9-10,13H,2-3,6,8H2,1H3,(H,19,23)/t13-/m1/s1. The average molecular weight is 342 g/mol. The molecule has 4 heterocycles. The van der Waals surface area contributed by atoms with E-state index in [4.69, 9.17) is 0 Å². The van der Waals surface area contributed by atoms with Crippen LogP contribution in [0.3, 0.4) is 0 Å². The van der Waals surface area contributed by atoms with Crippen LogP contribution in [0.1, 0.15) is 36.1 Å². The Balaban J connectivity index is 1.60. The number of carbonyl (C=O) groups excluding carboxylic acids is 1. The van der Waals surface area contributed by atoms with Gasteiger partial charge in [0.25, 0.3) is 0 Å². The molecular weight excluding hydrogens is 324 g/mol. The second kappa shape index (κ2) is 6.20. The van der Waals surface area contributed by atoms with E-state index in [9.17, 15) is 4.79 Å². The van der Waals surface area contributed by atoms with Gasteiger partial charge in [-0.25, -0.2) is 19.3 Å². The number of piperidine rings is 1. The molecule has 3 aromatic heterocycles. The zero-order valence-electron chi connectivity index (χ0n) is 13.3. The number of nitrogens with one attached hydrogen (secondary N) is 1. The topological polar surface area (TPSA) is 75.4 Å². The fraction of sp³-hybridized carbons (Fsp3) is 0.375. The summed E-state index contributed by atoms with van der Waals surface area (Å²) in [4.78, 5) is 23.5. The molecule has 3 aromatic rings. The van der Waals surface area contributed by atoms with Crippen molar-refractivity contribution in [3.63, 3.8) is 0 Å². The maximum atomic E-state index is 12.9. The van der Waals surface area contributed by atoms with E-state index in [1.54, 1.807) is 22.0 Å². The van der Waals surface area contributed by atoms with Crippen molar-refractivity contribution in [3.05, 3.63) is 40.7 Å². The van der Waals surface area contributed by atoms with Crippen molar-refractivity contribution in [1.29, 1.82) is 0 Å². The van der Waals surface area contributed by atoms with Crippen LogP contribution in [0.4, 0.5) is 10.5 Å². The monoisotopic (exact) mass is 342 g/mol. The molecule has 0 radical (unpaired) electrons. The second-order valence-electron chi connectivity index (χ2n) is 5.85. The Labute approximate surface area is 143 Å². The summed E-state index contributed by atoms with van der Waals surface area (Å²) in [6.07, 6.45) is 6.71. The summed E-state index contributed by atoms with van der Waals surface area (Å²) in [6.45, 7) is 2.58. The van der Waals surface area contributed by atoms with Gasteiger partial charge in [0.2, 0.25) is 0 Å². The van der Waals surface area contributed by atoms with Crippen molar-refractivity contribution in [2.45, 2.75) is 32.2 Å². The predicted octanol–water partition coefficient (Wildman–Crippen LogP) is 3.25. The number of thiazole rings is 1. The largest absolute Gasteiger partial charge is 0.322 e. The van der Waals surface area contributed by atoms with Gasteiger partial charge in [0.05, 0.1) is 11.7 Å². The molecule has 24 heavy (non-hydrogen) atoms. The molecule has 1 atom stereocenters. The summed E-state index contributed by atoms with van der Waals surface area (Å²) in [5, 5.41) is 10.2. The Morgan fingerprint density at radius 3 is 3.17 bits per heavy atom. The van der Waals surface area contributed by atoms with E-state index in [2.05, 4.69) is 20.4 Å². The van der Waals surface area contributed by atoms with Crippen LogP contribution in [-0.2, 0) is 0 Å². The molecule has 0 bridgehead atoms. The summed E-state index contributed by atoms with van der Waals surface area (Å²) < 4.78 is 1.68. The van der Waals surface area contributed by atoms with E-state index in [0.29, 0.717) is 17.2 Å². The van der Waals surface area contributed by atoms with Crippen LogP contribution in [-0.4, -0.2) is 37.1 Å². The molecule has 124 valence electrons. The fourth-order valence-corrected chi connectivity index (χ4v) is 3.91. The lowest BCUT2D eigenvalue weighted by atomic mass is 10.0. The minimum Gasteiger partial charge on any atom is -0.315 e. The number of nitrogens with zero attached hydrogens (tertiary/aromatic N) is 5. The van der Waals surface area contributed by atoms with Crippen LogP contribution in [0.2, 0.25) is 0 Å². The van der Waals surface area contributed by atoms with Crippen LogP contribution < -0.4 is 5.32 Å². The molecule has 7 nitrogen and oxygen atoms in total. The smallest absolute Gasteiger partial charge is 0.315 e. The molecule has 1 aliphatic rings. The van der Waals surface area contributed by atoms with Crippen molar-refractivity contribution >= 4 is 28.7 Å². The molecule has 0 aromatic carbocycles. The van der Waals surface area contributed by atoms with Gasteiger partial charge in [0, 0.05) is 24.3 Å². The van der Waals surface area contributed by atoms with Crippen molar-refractivity contribution in [1.82, 2.24) is 24.5 Å². The molecule has 2 amide bonds. The normalized spacial score (nSPS) is 18.0. The summed E-state index contributed by atoms with van der Waals surface area (Å²) in [6, 6.07) is 3.65. The highest BCUT2D eigenvalue weighted by molar-refractivity contribution is 7.09. The Bertz CT molecular complexity index is 859. The Morgan fingerprint density at radius 1 is 1.42 bits per heavy atom. The SMILES string of the molecule is Cc1nc2c(NC(=O)N3CCCC[C@@H]3c3nccs3)cccn2n1. The number of aromatic nitrogens is 4. The number of amides is 2. The summed E-state index contributed by atoms with van der Waals surface area (Å²) >= 11 is 1.60. The molecule has 1 saturated heterocycles. The second-order valence-corrected chi connectivity index (χ2v) is 6.78. The third kappa shape index (κ3) is 2.73. The van der Waals surface area contributed by atoms with Crippen LogP contribution >= 0.6 is 11.3 Å². The Kier molecular flexibility index (Phi) is 3.89. The van der Waals surface area contributed by atoms with Crippen LogP contribution in [0.15, 0.2) is 29.9 Å². The Morgan fingerprint density at radius 2 is 2.33 bits per heavy atom. The van der Waals surface area contributed by atoms with Gasteiger partial charge in [-0.2, -0.15) is 5.10 Å². The maximum absolute atomic E-state index is 12.9. The third-order valence-electron chi connectivity index (χ3n) is 4.21. The van der Waals surface area contributed by atoms with E-state index >= 15 is 0 Å². The van der Waals surface area contributed by atoms with Gasteiger partial charge >= 0.3 is 6.03 Å². The molecule has 0 spiro atoms.